The van der Waals surface area contributed by atoms with Crippen LogP contribution in [-0.2, 0) is 17.6 Å². The van der Waals surface area contributed by atoms with Crippen molar-refractivity contribution in [3.8, 4) is 0 Å². The molecule has 0 bridgehead atoms. The van der Waals surface area contributed by atoms with Crippen LogP contribution in [-0.4, -0.2) is 22.6 Å². The largest absolute Gasteiger partial charge is 0.361 e. The van der Waals surface area contributed by atoms with Crippen molar-refractivity contribution in [3.63, 3.8) is 0 Å². The third-order valence-corrected chi connectivity index (χ3v) is 4.20. The lowest BCUT2D eigenvalue weighted by Gasteiger charge is -2.05. The third-order valence-electron chi connectivity index (χ3n) is 3.96. The van der Waals surface area contributed by atoms with E-state index in [1.165, 1.54) is 0 Å². The Morgan fingerprint density at radius 2 is 2.22 bits per heavy atom. The first kappa shape index (κ1) is 15.6. The molecule has 0 fully saturated rings. The number of aromatic amines is 1. The van der Waals surface area contributed by atoms with E-state index in [4.69, 9.17) is 16.1 Å². The van der Waals surface area contributed by atoms with Crippen molar-refractivity contribution in [2.75, 3.05) is 6.54 Å². The van der Waals surface area contributed by atoms with Crippen molar-refractivity contribution in [1.29, 1.82) is 0 Å². The molecule has 6 heteroatoms. The van der Waals surface area contributed by atoms with Crippen molar-refractivity contribution in [2.45, 2.75) is 26.7 Å². The van der Waals surface area contributed by atoms with Gasteiger partial charge in [0.15, 0.2) is 0 Å². The fourth-order valence-electron chi connectivity index (χ4n) is 2.67. The fourth-order valence-corrected chi connectivity index (χ4v) is 2.84. The highest BCUT2D eigenvalue weighted by Gasteiger charge is 2.13. The highest BCUT2D eigenvalue weighted by Crippen LogP contribution is 2.22. The zero-order valence-corrected chi connectivity index (χ0v) is 13.8. The number of benzene rings is 1. The lowest BCUT2D eigenvalue weighted by atomic mass is 10.1. The maximum Gasteiger partial charge on any atom is 0.224 e. The molecule has 0 aliphatic heterocycles. The third kappa shape index (κ3) is 3.40. The molecule has 0 aliphatic rings. The van der Waals surface area contributed by atoms with Gasteiger partial charge in [-0.15, -0.1) is 0 Å². The number of nitrogens with zero attached hydrogens (tertiary/aromatic N) is 1. The molecule has 0 radical (unpaired) electrons. The topological polar surface area (TPSA) is 70.9 Å². The summed E-state index contributed by atoms with van der Waals surface area (Å²) in [6.07, 6.45) is 3.00. The van der Waals surface area contributed by atoms with Crippen LogP contribution in [0.15, 0.2) is 28.9 Å². The van der Waals surface area contributed by atoms with Gasteiger partial charge in [0.25, 0.3) is 0 Å². The number of hydrogen-bond donors (Lipinski definition) is 2. The van der Waals surface area contributed by atoms with Crippen LogP contribution in [0.1, 0.15) is 22.6 Å². The van der Waals surface area contributed by atoms with E-state index < -0.39 is 0 Å². The summed E-state index contributed by atoms with van der Waals surface area (Å²) in [7, 11) is 0. The van der Waals surface area contributed by atoms with Gasteiger partial charge in [-0.3, -0.25) is 4.79 Å². The van der Waals surface area contributed by atoms with Gasteiger partial charge in [0.2, 0.25) is 5.91 Å². The zero-order valence-electron chi connectivity index (χ0n) is 13.1. The highest BCUT2D eigenvalue weighted by molar-refractivity contribution is 6.31. The lowest BCUT2D eigenvalue weighted by molar-refractivity contribution is -0.120. The molecule has 0 unspecified atom stereocenters. The second-order valence-corrected chi connectivity index (χ2v) is 6.02. The minimum Gasteiger partial charge on any atom is -0.361 e. The smallest absolute Gasteiger partial charge is 0.224 e. The maximum atomic E-state index is 12.1. The molecule has 2 N–H and O–H groups in total. The summed E-state index contributed by atoms with van der Waals surface area (Å²) in [5.74, 6) is 0.668. The van der Waals surface area contributed by atoms with Gasteiger partial charge < -0.3 is 14.8 Å². The van der Waals surface area contributed by atoms with E-state index in [1.807, 2.05) is 38.2 Å². The summed E-state index contributed by atoms with van der Waals surface area (Å²) in [4.78, 5) is 15.3. The number of aryl methyl sites for hydroxylation is 2. The average Bonchev–Trinajstić information content (AvgIpc) is 3.05. The quantitative estimate of drug-likeness (QED) is 0.753. The first-order chi connectivity index (χ1) is 11.0. The second-order valence-electron chi connectivity index (χ2n) is 5.58. The van der Waals surface area contributed by atoms with Gasteiger partial charge in [-0.25, -0.2) is 0 Å². The Hall–Kier alpha value is -2.27. The molecule has 0 atom stereocenters. The van der Waals surface area contributed by atoms with Crippen LogP contribution in [0.5, 0.6) is 0 Å². The molecule has 0 saturated heterocycles. The number of amides is 1. The van der Waals surface area contributed by atoms with Gasteiger partial charge in [-0.05, 0) is 44.0 Å². The number of nitrogens with one attached hydrogen (secondary N) is 2. The number of H-pyrrole nitrogens is 1. The van der Waals surface area contributed by atoms with Crippen LogP contribution >= 0.6 is 11.6 Å². The average molecular weight is 332 g/mol. The van der Waals surface area contributed by atoms with E-state index in [9.17, 15) is 4.79 Å². The molecule has 2 aromatic heterocycles. The molecular weight excluding hydrogens is 314 g/mol. The zero-order chi connectivity index (χ0) is 16.4. The molecule has 1 aromatic carbocycles. The molecule has 0 aliphatic carbocycles. The Bertz CT molecular complexity index is 831. The van der Waals surface area contributed by atoms with Crippen molar-refractivity contribution in [2.24, 2.45) is 0 Å². The maximum absolute atomic E-state index is 12.1. The summed E-state index contributed by atoms with van der Waals surface area (Å²) in [6.45, 7) is 4.23. The van der Waals surface area contributed by atoms with Crippen molar-refractivity contribution in [1.82, 2.24) is 15.5 Å². The summed E-state index contributed by atoms with van der Waals surface area (Å²) in [6, 6.07) is 5.75. The van der Waals surface area contributed by atoms with Crippen molar-refractivity contribution >= 4 is 28.4 Å². The van der Waals surface area contributed by atoms with Crippen LogP contribution in [0.3, 0.4) is 0 Å². The number of aromatic nitrogens is 2. The van der Waals surface area contributed by atoms with Gasteiger partial charge in [0.05, 0.1) is 12.1 Å². The number of fused-ring (bicyclic) bond motifs is 1. The minimum absolute atomic E-state index is 0.0303. The van der Waals surface area contributed by atoms with E-state index >= 15 is 0 Å². The second kappa shape index (κ2) is 6.46. The Balaban J connectivity index is 1.58. The predicted molar refractivity (Wildman–Crippen MR) is 89.7 cm³/mol. The Morgan fingerprint density at radius 1 is 1.39 bits per heavy atom. The number of halogens is 1. The van der Waals surface area contributed by atoms with Crippen molar-refractivity contribution < 1.29 is 9.32 Å². The summed E-state index contributed by atoms with van der Waals surface area (Å²) < 4.78 is 5.07. The molecule has 23 heavy (non-hydrogen) atoms. The van der Waals surface area contributed by atoms with E-state index in [-0.39, 0.29) is 5.91 Å². The summed E-state index contributed by atoms with van der Waals surface area (Å²) >= 11 is 6.04. The van der Waals surface area contributed by atoms with Gasteiger partial charge >= 0.3 is 0 Å². The van der Waals surface area contributed by atoms with E-state index in [0.717, 1.165) is 34.1 Å². The summed E-state index contributed by atoms with van der Waals surface area (Å²) in [5.41, 5.74) is 3.82. The van der Waals surface area contributed by atoms with Gasteiger partial charge in [0, 0.05) is 34.2 Å². The fraction of sp³-hybridized carbons (Fsp3) is 0.294. The minimum atomic E-state index is -0.0303. The molecule has 0 saturated carbocycles. The number of carbonyl (C=O) groups is 1. The Kier molecular flexibility index (Phi) is 4.39. The van der Waals surface area contributed by atoms with Gasteiger partial charge in [-0.1, -0.05) is 16.8 Å². The van der Waals surface area contributed by atoms with Crippen molar-refractivity contribution in [3.05, 3.63) is 52.0 Å². The van der Waals surface area contributed by atoms with E-state index in [2.05, 4.69) is 15.5 Å². The van der Waals surface area contributed by atoms with Crippen LogP contribution in [0, 0.1) is 13.8 Å². The van der Waals surface area contributed by atoms with Gasteiger partial charge in [-0.2, -0.15) is 0 Å². The van der Waals surface area contributed by atoms with Crippen LogP contribution < -0.4 is 5.32 Å². The molecule has 1 amide bonds. The van der Waals surface area contributed by atoms with Crippen LogP contribution in [0.2, 0.25) is 5.02 Å². The molecular formula is C17H18ClN3O2. The SMILES string of the molecule is Cc1noc(C)c1CC(=O)NCCc1c[nH]c2ccc(Cl)cc12. The highest BCUT2D eigenvalue weighted by atomic mass is 35.5. The molecule has 3 aromatic rings. The first-order valence-corrected chi connectivity index (χ1v) is 7.86. The molecule has 0 spiro atoms. The molecule has 2 heterocycles. The standard InChI is InChI=1S/C17H18ClN3O2/c1-10-14(11(2)23-21-10)8-17(22)19-6-5-12-9-20-16-4-3-13(18)7-15(12)16/h3-4,7,9,20H,5-6,8H2,1-2H3,(H,19,22). The van der Waals surface area contributed by atoms with E-state index in [0.29, 0.717) is 23.7 Å². The predicted octanol–water partition coefficient (Wildman–Crippen LogP) is 3.33. The number of rotatable bonds is 5. The van der Waals surface area contributed by atoms with Crippen LogP contribution in [0.4, 0.5) is 0 Å². The number of carbonyl (C=O) groups excluding carboxylic acids is 1. The normalized spacial score (nSPS) is 11.1. The molecule has 3 rings (SSSR count). The van der Waals surface area contributed by atoms with E-state index in [1.54, 1.807) is 0 Å². The first-order valence-electron chi connectivity index (χ1n) is 7.48. The summed E-state index contributed by atoms with van der Waals surface area (Å²) in [5, 5.41) is 8.60. The lowest BCUT2D eigenvalue weighted by Crippen LogP contribution is -2.27. The molecule has 5 nitrogen and oxygen atoms in total. The van der Waals surface area contributed by atoms with Crippen LogP contribution in [0.25, 0.3) is 10.9 Å². The monoisotopic (exact) mass is 331 g/mol. The Labute approximate surface area is 139 Å². The molecule has 120 valence electrons. The van der Waals surface area contributed by atoms with Gasteiger partial charge in [0.1, 0.15) is 5.76 Å². The number of hydrogen-bond acceptors (Lipinski definition) is 3. The Morgan fingerprint density at radius 3 is 2.96 bits per heavy atom.